The first kappa shape index (κ1) is 14.4. The van der Waals surface area contributed by atoms with Crippen LogP contribution in [0.15, 0.2) is 60.7 Å². The van der Waals surface area contributed by atoms with Gasteiger partial charge in [-0.3, -0.25) is 9.59 Å². The molecular formula is C21H20O2. The summed E-state index contributed by atoms with van der Waals surface area (Å²) in [6.45, 7) is 0. The van der Waals surface area contributed by atoms with Gasteiger partial charge in [-0.05, 0) is 17.5 Å². The molecule has 0 aromatic heterocycles. The molecule has 2 heteroatoms. The van der Waals surface area contributed by atoms with E-state index in [4.69, 9.17) is 0 Å². The summed E-state index contributed by atoms with van der Waals surface area (Å²) in [5, 5.41) is 0. The van der Waals surface area contributed by atoms with Gasteiger partial charge in [-0.2, -0.15) is 0 Å². The molecule has 2 bridgehead atoms. The summed E-state index contributed by atoms with van der Waals surface area (Å²) in [6, 6.07) is 20.1. The molecule has 0 N–H and O–H groups in total. The fourth-order valence-electron chi connectivity index (χ4n) is 4.44. The van der Waals surface area contributed by atoms with Gasteiger partial charge in [-0.25, -0.2) is 0 Å². The highest BCUT2D eigenvalue weighted by Gasteiger charge is 2.48. The molecule has 2 saturated carbocycles. The molecule has 0 saturated heterocycles. The summed E-state index contributed by atoms with van der Waals surface area (Å²) in [6.07, 6.45) is 1.74. The quantitative estimate of drug-likeness (QED) is 0.836. The fourth-order valence-corrected chi connectivity index (χ4v) is 4.44. The van der Waals surface area contributed by atoms with Crippen LogP contribution in [0.2, 0.25) is 0 Å². The Hall–Kier alpha value is -2.22. The molecule has 2 aliphatic carbocycles. The van der Waals surface area contributed by atoms with Gasteiger partial charge in [0, 0.05) is 36.5 Å². The fraction of sp³-hybridized carbons (Fsp3) is 0.333. The minimum absolute atomic E-state index is 0.0139. The lowest BCUT2D eigenvalue weighted by Gasteiger charge is -2.42. The van der Waals surface area contributed by atoms with E-state index in [0.29, 0.717) is 24.4 Å². The molecule has 0 amide bonds. The van der Waals surface area contributed by atoms with E-state index in [0.717, 1.165) is 17.5 Å². The number of hydrogen-bond donors (Lipinski definition) is 0. The molecule has 0 spiro atoms. The molecule has 0 heterocycles. The van der Waals surface area contributed by atoms with Crippen LogP contribution in [0, 0.1) is 11.8 Å². The van der Waals surface area contributed by atoms with Gasteiger partial charge in [0.15, 0.2) is 0 Å². The normalized spacial score (nSPS) is 30.3. The topological polar surface area (TPSA) is 34.1 Å². The molecule has 4 atom stereocenters. The number of ketones is 2. The highest BCUT2D eigenvalue weighted by Crippen LogP contribution is 2.49. The van der Waals surface area contributed by atoms with Crippen LogP contribution in [0.4, 0.5) is 0 Å². The van der Waals surface area contributed by atoms with Crippen molar-refractivity contribution in [2.75, 3.05) is 0 Å². The van der Waals surface area contributed by atoms with Crippen LogP contribution in [0.25, 0.3) is 0 Å². The van der Waals surface area contributed by atoms with E-state index in [1.807, 2.05) is 36.4 Å². The van der Waals surface area contributed by atoms with Crippen molar-refractivity contribution in [3.63, 3.8) is 0 Å². The van der Waals surface area contributed by atoms with Crippen LogP contribution in [-0.2, 0) is 9.59 Å². The molecule has 2 aromatic carbocycles. The van der Waals surface area contributed by atoms with Gasteiger partial charge in [-0.1, -0.05) is 60.7 Å². The molecule has 116 valence electrons. The standard InChI is InChI=1S/C21H20O2/c22-20-12-16(14-7-3-1-4-8-14)18-11-19(20)17(13-21(18)23)15-9-5-2-6-10-15/h1-10,16-19H,11-13H2/t16-,17-,18-,19+/m0/s1. The van der Waals surface area contributed by atoms with Gasteiger partial charge >= 0.3 is 0 Å². The lowest BCUT2D eigenvalue weighted by Crippen LogP contribution is -2.43. The maximum atomic E-state index is 12.8. The maximum absolute atomic E-state index is 12.8. The van der Waals surface area contributed by atoms with Crippen molar-refractivity contribution >= 4 is 11.6 Å². The van der Waals surface area contributed by atoms with E-state index in [2.05, 4.69) is 24.3 Å². The van der Waals surface area contributed by atoms with Crippen molar-refractivity contribution in [1.29, 1.82) is 0 Å². The smallest absolute Gasteiger partial charge is 0.137 e. The number of rotatable bonds is 2. The lowest BCUT2D eigenvalue weighted by atomic mass is 9.59. The Bertz CT molecular complexity index is 657. The first-order valence-corrected chi connectivity index (χ1v) is 8.39. The van der Waals surface area contributed by atoms with Crippen LogP contribution in [0.5, 0.6) is 0 Å². The van der Waals surface area contributed by atoms with Gasteiger partial charge in [0.2, 0.25) is 0 Å². The predicted molar refractivity (Wildman–Crippen MR) is 89.2 cm³/mol. The van der Waals surface area contributed by atoms with E-state index in [1.54, 1.807) is 0 Å². The molecule has 23 heavy (non-hydrogen) atoms. The number of hydrogen-bond acceptors (Lipinski definition) is 2. The van der Waals surface area contributed by atoms with Crippen LogP contribution in [0.3, 0.4) is 0 Å². The van der Waals surface area contributed by atoms with E-state index >= 15 is 0 Å². The average molecular weight is 304 g/mol. The minimum atomic E-state index is 0.0139. The first-order chi connectivity index (χ1) is 11.2. The maximum Gasteiger partial charge on any atom is 0.137 e. The third-order valence-electron chi connectivity index (χ3n) is 5.60. The molecule has 0 unspecified atom stereocenters. The SMILES string of the molecule is O=C1C[C@@H](c2ccccc2)[C@H]2C[C@H]1[C@H](c1ccccc1)CC2=O. The highest BCUT2D eigenvalue weighted by molar-refractivity contribution is 5.93. The zero-order chi connectivity index (χ0) is 15.8. The van der Waals surface area contributed by atoms with Crippen molar-refractivity contribution < 1.29 is 9.59 Å². The van der Waals surface area contributed by atoms with Crippen LogP contribution < -0.4 is 0 Å². The molecule has 2 aromatic rings. The largest absolute Gasteiger partial charge is 0.299 e. The summed E-state index contributed by atoms with van der Waals surface area (Å²) in [5.74, 6) is 0.835. The molecule has 0 aliphatic heterocycles. The van der Waals surface area contributed by atoms with E-state index in [1.165, 1.54) is 0 Å². The van der Waals surface area contributed by atoms with E-state index < -0.39 is 0 Å². The number of fused-ring (bicyclic) bond motifs is 2. The number of carbonyl (C=O) groups is 2. The van der Waals surface area contributed by atoms with Crippen LogP contribution in [0.1, 0.15) is 42.2 Å². The Morgan fingerprint density at radius 1 is 0.565 bits per heavy atom. The summed E-state index contributed by atoms with van der Waals surface area (Å²) in [5.41, 5.74) is 2.27. The highest BCUT2D eigenvalue weighted by atomic mass is 16.1. The van der Waals surface area contributed by atoms with Gasteiger partial charge < -0.3 is 0 Å². The monoisotopic (exact) mass is 304 g/mol. The molecule has 4 rings (SSSR count). The Morgan fingerprint density at radius 3 is 1.35 bits per heavy atom. The van der Waals surface area contributed by atoms with E-state index in [-0.39, 0.29) is 23.7 Å². The van der Waals surface area contributed by atoms with Crippen LogP contribution in [-0.4, -0.2) is 11.6 Å². The molecular weight excluding hydrogens is 284 g/mol. The minimum Gasteiger partial charge on any atom is -0.299 e. The summed E-state index contributed by atoms with van der Waals surface area (Å²) in [7, 11) is 0. The number of benzene rings is 2. The Kier molecular flexibility index (Phi) is 3.60. The molecule has 2 fully saturated rings. The second-order valence-corrected chi connectivity index (χ2v) is 6.82. The average Bonchev–Trinajstić information content (AvgIpc) is 2.61. The number of Topliss-reactive ketones (excluding diaryl/α,β-unsaturated/α-hetero) is 2. The second kappa shape index (κ2) is 5.77. The molecule has 2 aliphatic rings. The van der Waals surface area contributed by atoms with Crippen molar-refractivity contribution in [3.05, 3.63) is 71.8 Å². The Labute approximate surface area is 136 Å². The Morgan fingerprint density at radius 2 is 0.957 bits per heavy atom. The third-order valence-corrected chi connectivity index (χ3v) is 5.60. The number of carbonyl (C=O) groups excluding carboxylic acids is 2. The van der Waals surface area contributed by atoms with Gasteiger partial charge in [0.25, 0.3) is 0 Å². The summed E-state index contributed by atoms with van der Waals surface area (Å²) in [4.78, 5) is 25.5. The van der Waals surface area contributed by atoms with Crippen molar-refractivity contribution in [2.45, 2.75) is 31.1 Å². The lowest BCUT2D eigenvalue weighted by molar-refractivity contribution is -0.137. The zero-order valence-electron chi connectivity index (χ0n) is 13.0. The zero-order valence-corrected chi connectivity index (χ0v) is 13.0. The van der Waals surface area contributed by atoms with Crippen molar-refractivity contribution in [2.24, 2.45) is 11.8 Å². The Balaban J connectivity index is 1.65. The third kappa shape index (κ3) is 2.52. The second-order valence-electron chi connectivity index (χ2n) is 6.82. The summed E-state index contributed by atoms with van der Waals surface area (Å²) < 4.78 is 0. The van der Waals surface area contributed by atoms with Crippen LogP contribution >= 0.6 is 0 Å². The van der Waals surface area contributed by atoms with E-state index in [9.17, 15) is 9.59 Å². The molecule has 0 radical (unpaired) electrons. The first-order valence-electron chi connectivity index (χ1n) is 8.39. The van der Waals surface area contributed by atoms with Gasteiger partial charge in [0.1, 0.15) is 11.6 Å². The van der Waals surface area contributed by atoms with Crippen molar-refractivity contribution in [1.82, 2.24) is 0 Å². The predicted octanol–water partition coefficient (Wildman–Crippen LogP) is 4.12. The van der Waals surface area contributed by atoms with Crippen molar-refractivity contribution in [3.8, 4) is 0 Å². The van der Waals surface area contributed by atoms with Gasteiger partial charge in [0.05, 0.1) is 0 Å². The van der Waals surface area contributed by atoms with Gasteiger partial charge in [-0.15, -0.1) is 0 Å². The summed E-state index contributed by atoms with van der Waals surface area (Å²) >= 11 is 0. The molecule has 2 nitrogen and oxygen atoms in total.